The topological polar surface area (TPSA) is 12.0 Å². The molecule has 0 spiro atoms. The number of aryl methyl sites for hydroxylation is 2. The lowest BCUT2D eigenvalue weighted by Crippen LogP contribution is -2.03. The number of benzene rings is 5. The molecule has 34 heavy (non-hydrogen) atoms. The molecule has 0 atom stereocenters. The van der Waals surface area contributed by atoms with Gasteiger partial charge in [-0.1, -0.05) is 78.9 Å². The van der Waals surface area contributed by atoms with Gasteiger partial charge in [0.25, 0.3) is 0 Å². The zero-order valence-corrected chi connectivity index (χ0v) is 20.3. The minimum Gasteiger partial charge on any atom is -0.359 e. The summed E-state index contributed by atoms with van der Waals surface area (Å²) in [5.74, 6) is 0. The molecule has 0 aromatic heterocycles. The van der Waals surface area contributed by atoms with Gasteiger partial charge in [-0.25, -0.2) is 0 Å². The van der Waals surface area contributed by atoms with Crippen LogP contribution in [0.4, 0.5) is 5.69 Å². The van der Waals surface area contributed by atoms with E-state index in [1.807, 2.05) is 0 Å². The van der Waals surface area contributed by atoms with Gasteiger partial charge in [0.2, 0.25) is 0 Å². The normalized spacial score (nSPS) is 13.1. The van der Waals surface area contributed by atoms with Crippen LogP contribution in [-0.2, 0) is 6.42 Å². The molecule has 0 aliphatic heterocycles. The molecular formula is C33H29N. The van der Waals surface area contributed by atoms with Crippen LogP contribution in [0.1, 0.15) is 41.7 Å². The molecule has 0 saturated heterocycles. The van der Waals surface area contributed by atoms with Crippen molar-refractivity contribution < 1.29 is 0 Å². The van der Waals surface area contributed by atoms with Crippen molar-refractivity contribution in [3.05, 3.63) is 118 Å². The zero-order valence-electron chi connectivity index (χ0n) is 20.3. The molecule has 0 amide bonds. The maximum absolute atomic E-state index is 3.79. The summed E-state index contributed by atoms with van der Waals surface area (Å²) in [5, 5.41) is 9.07. The highest BCUT2D eigenvalue weighted by Crippen LogP contribution is 2.41. The Morgan fingerprint density at radius 3 is 2.03 bits per heavy atom. The first-order valence-electron chi connectivity index (χ1n) is 12.1. The van der Waals surface area contributed by atoms with E-state index in [0.29, 0.717) is 0 Å². The van der Waals surface area contributed by atoms with Gasteiger partial charge in [-0.15, -0.1) is 0 Å². The lowest BCUT2D eigenvalue weighted by atomic mass is 9.88. The van der Waals surface area contributed by atoms with Gasteiger partial charge >= 0.3 is 0 Å². The second-order valence-corrected chi connectivity index (χ2v) is 9.62. The molecule has 0 fully saturated rings. The summed E-state index contributed by atoms with van der Waals surface area (Å²) in [5.41, 5.74) is 13.2. The van der Waals surface area contributed by atoms with E-state index in [-0.39, 0.29) is 0 Å². The van der Waals surface area contributed by atoms with Crippen LogP contribution in [0.25, 0.3) is 38.2 Å². The highest BCUT2D eigenvalue weighted by Gasteiger charge is 2.20. The van der Waals surface area contributed by atoms with Gasteiger partial charge < -0.3 is 5.32 Å². The average Bonchev–Trinajstić information content (AvgIpc) is 3.21. The summed E-state index contributed by atoms with van der Waals surface area (Å²) >= 11 is 0. The van der Waals surface area contributed by atoms with E-state index in [2.05, 4.69) is 118 Å². The van der Waals surface area contributed by atoms with Gasteiger partial charge in [0, 0.05) is 11.4 Å². The van der Waals surface area contributed by atoms with Crippen LogP contribution in [0.3, 0.4) is 0 Å². The van der Waals surface area contributed by atoms with Crippen LogP contribution in [-0.4, -0.2) is 0 Å². The van der Waals surface area contributed by atoms with E-state index in [9.17, 15) is 0 Å². The third-order valence-corrected chi connectivity index (χ3v) is 7.59. The number of hydrogen-bond acceptors (Lipinski definition) is 1. The predicted octanol–water partition coefficient (Wildman–Crippen LogP) is 9.04. The van der Waals surface area contributed by atoms with Crippen molar-refractivity contribution >= 4 is 32.8 Å². The average molecular weight is 440 g/mol. The Morgan fingerprint density at radius 2 is 1.26 bits per heavy atom. The fourth-order valence-electron chi connectivity index (χ4n) is 5.73. The van der Waals surface area contributed by atoms with Crippen molar-refractivity contribution in [2.45, 2.75) is 34.1 Å². The van der Waals surface area contributed by atoms with Gasteiger partial charge in [-0.3, -0.25) is 0 Å². The summed E-state index contributed by atoms with van der Waals surface area (Å²) in [6, 6.07) is 31.1. The molecular weight excluding hydrogens is 410 g/mol. The Kier molecular flexibility index (Phi) is 4.81. The molecule has 0 heterocycles. The highest BCUT2D eigenvalue weighted by atomic mass is 14.9. The Labute approximate surface area is 201 Å². The fourth-order valence-corrected chi connectivity index (χ4v) is 5.73. The van der Waals surface area contributed by atoms with Crippen LogP contribution in [0, 0.1) is 13.8 Å². The monoisotopic (exact) mass is 439 g/mol. The van der Waals surface area contributed by atoms with Crippen molar-refractivity contribution in [2.75, 3.05) is 5.32 Å². The minimum atomic E-state index is 1.03. The Bertz CT molecular complexity index is 1630. The Balaban J connectivity index is 1.49. The Morgan fingerprint density at radius 1 is 0.647 bits per heavy atom. The smallest absolute Gasteiger partial charge is 0.0417 e. The summed E-state index contributed by atoms with van der Waals surface area (Å²) in [6.07, 6.45) is 1.03. The molecule has 5 aromatic rings. The molecule has 1 aliphatic rings. The molecule has 6 rings (SSSR count). The lowest BCUT2D eigenvalue weighted by molar-refractivity contribution is 1.24. The van der Waals surface area contributed by atoms with E-state index in [4.69, 9.17) is 0 Å². The third-order valence-electron chi connectivity index (χ3n) is 7.59. The first kappa shape index (κ1) is 20.7. The van der Waals surface area contributed by atoms with E-state index >= 15 is 0 Å². The van der Waals surface area contributed by atoms with Crippen molar-refractivity contribution in [3.8, 4) is 11.1 Å². The predicted molar refractivity (Wildman–Crippen MR) is 148 cm³/mol. The first-order valence-corrected chi connectivity index (χ1v) is 12.1. The van der Waals surface area contributed by atoms with Crippen molar-refractivity contribution in [1.82, 2.24) is 0 Å². The quantitative estimate of drug-likeness (QED) is 0.271. The molecule has 1 heteroatoms. The van der Waals surface area contributed by atoms with Gasteiger partial charge in [-0.2, -0.15) is 0 Å². The van der Waals surface area contributed by atoms with Crippen molar-refractivity contribution in [3.63, 3.8) is 0 Å². The van der Waals surface area contributed by atoms with Gasteiger partial charge in [-0.05, 0) is 106 Å². The number of anilines is 1. The fraction of sp³-hybridized carbons (Fsp3) is 0.152. The summed E-state index contributed by atoms with van der Waals surface area (Å²) in [4.78, 5) is 0. The van der Waals surface area contributed by atoms with E-state index < -0.39 is 0 Å². The van der Waals surface area contributed by atoms with E-state index in [0.717, 1.165) is 6.42 Å². The second kappa shape index (κ2) is 7.88. The number of fused-ring (bicyclic) bond motifs is 6. The lowest BCUT2D eigenvalue weighted by Gasteiger charge is -2.19. The molecule has 0 radical (unpaired) electrons. The summed E-state index contributed by atoms with van der Waals surface area (Å²) < 4.78 is 0. The van der Waals surface area contributed by atoms with Crippen LogP contribution in [0.15, 0.2) is 90.6 Å². The largest absolute Gasteiger partial charge is 0.359 e. The molecule has 1 aliphatic carbocycles. The van der Waals surface area contributed by atoms with Crippen LogP contribution in [0.2, 0.25) is 0 Å². The summed E-state index contributed by atoms with van der Waals surface area (Å²) in [7, 11) is 0. The van der Waals surface area contributed by atoms with Crippen LogP contribution >= 0.6 is 0 Å². The molecule has 166 valence electrons. The van der Waals surface area contributed by atoms with E-state index in [1.54, 1.807) is 0 Å². The standard InChI is InChI=1S/C33H29N/c1-20-17-25-18-24-11-5-6-13-27(24)31(25)19-32(20)34-23(4)21(2)33-22(3)26-12-7-8-14-28(26)29-15-9-10-16-30(29)33/h5-17,19,34H,18H2,1-4H3/b23-21+. The van der Waals surface area contributed by atoms with E-state index in [1.165, 1.54) is 77.4 Å². The first-order chi connectivity index (χ1) is 16.5. The Hall–Kier alpha value is -3.84. The van der Waals surface area contributed by atoms with Gasteiger partial charge in [0.05, 0.1) is 0 Å². The van der Waals surface area contributed by atoms with Gasteiger partial charge in [0.1, 0.15) is 0 Å². The summed E-state index contributed by atoms with van der Waals surface area (Å²) in [6.45, 7) is 8.94. The van der Waals surface area contributed by atoms with Crippen LogP contribution in [0.5, 0.6) is 0 Å². The minimum absolute atomic E-state index is 1.03. The number of rotatable bonds is 3. The SMILES string of the molecule is C/C(Nc1cc2c(cc1C)Cc1ccccc1-2)=C(/C)c1c(C)c2ccccc2c2ccccc12. The number of hydrogen-bond donors (Lipinski definition) is 1. The van der Waals surface area contributed by atoms with Crippen molar-refractivity contribution in [2.24, 2.45) is 0 Å². The molecule has 1 nitrogen and oxygen atoms in total. The molecule has 1 N–H and O–H groups in total. The molecule has 0 saturated carbocycles. The maximum atomic E-state index is 3.79. The number of allylic oxidation sites excluding steroid dienone is 2. The number of nitrogens with one attached hydrogen (secondary N) is 1. The molecule has 0 unspecified atom stereocenters. The second-order valence-electron chi connectivity index (χ2n) is 9.62. The molecule has 5 aromatic carbocycles. The maximum Gasteiger partial charge on any atom is 0.0417 e. The van der Waals surface area contributed by atoms with Gasteiger partial charge in [0.15, 0.2) is 0 Å². The molecule has 0 bridgehead atoms. The highest BCUT2D eigenvalue weighted by molar-refractivity contribution is 6.13. The van der Waals surface area contributed by atoms with Crippen molar-refractivity contribution in [1.29, 1.82) is 0 Å². The van der Waals surface area contributed by atoms with Crippen LogP contribution < -0.4 is 5.32 Å². The third kappa shape index (κ3) is 3.15. The zero-order chi connectivity index (χ0) is 23.4.